The molecule has 2 fully saturated rings. The normalized spacial score (nSPS) is 21.3. The number of thioether (sulfide) groups is 1. The van der Waals surface area contributed by atoms with Gasteiger partial charge in [0.15, 0.2) is 20.8 Å². The van der Waals surface area contributed by atoms with E-state index in [2.05, 4.69) is 19.7 Å². The Kier molecular flexibility index (Phi) is 4.94. The fourth-order valence-electron chi connectivity index (χ4n) is 3.25. The van der Waals surface area contributed by atoms with Crippen LogP contribution in [0, 0.1) is 0 Å². The SMILES string of the molecule is CN(C(=O)CSc1nnc(-c2ccncc2)n1C1CC1)[C@@H]1CCS(=O)(=O)C1. The first kappa shape index (κ1) is 18.4. The molecule has 1 aliphatic heterocycles. The molecule has 2 aromatic rings. The minimum Gasteiger partial charge on any atom is -0.341 e. The zero-order valence-electron chi connectivity index (χ0n) is 15.0. The third-order valence-electron chi connectivity index (χ3n) is 4.99. The second kappa shape index (κ2) is 7.23. The van der Waals surface area contributed by atoms with Crippen LogP contribution < -0.4 is 0 Å². The Morgan fingerprint density at radius 2 is 2.00 bits per heavy atom. The van der Waals surface area contributed by atoms with Crippen LogP contribution in [0.1, 0.15) is 25.3 Å². The third-order valence-corrected chi connectivity index (χ3v) is 7.67. The van der Waals surface area contributed by atoms with Crippen molar-refractivity contribution in [2.24, 2.45) is 0 Å². The lowest BCUT2D eigenvalue weighted by molar-refractivity contribution is -0.128. The second-order valence-corrected chi connectivity index (χ2v) is 10.2. The van der Waals surface area contributed by atoms with Crippen LogP contribution in [0.2, 0.25) is 0 Å². The van der Waals surface area contributed by atoms with E-state index in [4.69, 9.17) is 0 Å². The number of sulfone groups is 1. The first-order valence-electron chi connectivity index (χ1n) is 8.89. The Morgan fingerprint density at radius 3 is 2.63 bits per heavy atom. The first-order chi connectivity index (χ1) is 12.9. The second-order valence-electron chi connectivity index (χ2n) is 6.99. The van der Waals surface area contributed by atoms with Gasteiger partial charge in [-0.2, -0.15) is 0 Å². The van der Waals surface area contributed by atoms with E-state index in [9.17, 15) is 13.2 Å². The Balaban J connectivity index is 1.46. The van der Waals surface area contributed by atoms with E-state index < -0.39 is 9.84 Å². The van der Waals surface area contributed by atoms with Crippen LogP contribution >= 0.6 is 11.8 Å². The Morgan fingerprint density at radius 1 is 1.26 bits per heavy atom. The summed E-state index contributed by atoms with van der Waals surface area (Å²) in [5.41, 5.74) is 0.954. The number of carbonyl (C=O) groups is 1. The average molecular weight is 408 g/mol. The summed E-state index contributed by atoms with van der Waals surface area (Å²) in [6.07, 6.45) is 6.12. The molecule has 144 valence electrons. The van der Waals surface area contributed by atoms with Crippen molar-refractivity contribution < 1.29 is 13.2 Å². The van der Waals surface area contributed by atoms with Gasteiger partial charge in [-0.25, -0.2) is 8.42 Å². The van der Waals surface area contributed by atoms with Crippen molar-refractivity contribution >= 4 is 27.5 Å². The maximum Gasteiger partial charge on any atom is 0.233 e. The smallest absolute Gasteiger partial charge is 0.233 e. The number of rotatable bonds is 6. The molecule has 1 aliphatic carbocycles. The zero-order chi connectivity index (χ0) is 19.0. The Labute approximate surface area is 162 Å². The maximum atomic E-state index is 12.5. The minimum absolute atomic E-state index is 0.0599. The lowest BCUT2D eigenvalue weighted by atomic mass is 10.2. The summed E-state index contributed by atoms with van der Waals surface area (Å²) in [5, 5.41) is 9.35. The highest BCUT2D eigenvalue weighted by atomic mass is 32.2. The fourth-order valence-corrected chi connectivity index (χ4v) is 5.95. The van der Waals surface area contributed by atoms with Gasteiger partial charge in [0.05, 0.1) is 17.3 Å². The Hall–Kier alpha value is -1.94. The summed E-state index contributed by atoms with van der Waals surface area (Å²) in [4.78, 5) is 18.1. The predicted molar refractivity (Wildman–Crippen MR) is 102 cm³/mol. The van der Waals surface area contributed by atoms with Gasteiger partial charge in [-0.15, -0.1) is 10.2 Å². The molecule has 3 heterocycles. The van der Waals surface area contributed by atoms with Crippen LogP contribution in [-0.2, 0) is 14.6 Å². The molecule has 0 radical (unpaired) electrons. The molecule has 10 heteroatoms. The largest absolute Gasteiger partial charge is 0.341 e. The molecule has 0 aromatic carbocycles. The number of pyridine rings is 1. The van der Waals surface area contributed by atoms with Crippen molar-refractivity contribution in [3.8, 4) is 11.4 Å². The van der Waals surface area contributed by atoms with Gasteiger partial charge in [0, 0.05) is 37.1 Å². The quantitative estimate of drug-likeness (QED) is 0.668. The molecule has 2 aliphatic rings. The van der Waals surface area contributed by atoms with E-state index in [1.165, 1.54) is 11.8 Å². The molecule has 0 bridgehead atoms. The molecule has 1 amide bonds. The number of carbonyl (C=O) groups excluding carboxylic acids is 1. The summed E-state index contributed by atoms with van der Waals surface area (Å²) in [6.45, 7) is 0. The standard InChI is InChI=1S/C17H21N5O3S2/c1-21(14-6-9-27(24,25)11-14)15(23)10-26-17-20-19-16(22(17)13-2-3-13)12-4-7-18-8-5-12/h4-5,7-8,13-14H,2-3,6,9-11H2,1H3/t14-/m1/s1. The highest BCUT2D eigenvalue weighted by Gasteiger charge is 2.33. The van der Waals surface area contributed by atoms with Crippen molar-refractivity contribution in [3.05, 3.63) is 24.5 Å². The molecule has 1 saturated heterocycles. The monoisotopic (exact) mass is 407 g/mol. The van der Waals surface area contributed by atoms with Gasteiger partial charge in [-0.1, -0.05) is 11.8 Å². The predicted octanol–water partition coefficient (Wildman–Crippen LogP) is 1.41. The van der Waals surface area contributed by atoms with Crippen molar-refractivity contribution in [1.29, 1.82) is 0 Å². The number of hydrogen-bond acceptors (Lipinski definition) is 7. The number of hydrogen-bond donors (Lipinski definition) is 0. The molecule has 0 N–H and O–H groups in total. The molecule has 8 nitrogen and oxygen atoms in total. The van der Waals surface area contributed by atoms with Crippen LogP contribution in [0.5, 0.6) is 0 Å². The first-order valence-corrected chi connectivity index (χ1v) is 11.7. The lowest BCUT2D eigenvalue weighted by Crippen LogP contribution is -2.38. The lowest BCUT2D eigenvalue weighted by Gasteiger charge is -2.23. The third kappa shape index (κ3) is 4.01. The maximum absolute atomic E-state index is 12.5. The zero-order valence-corrected chi connectivity index (χ0v) is 16.6. The summed E-state index contributed by atoms with van der Waals surface area (Å²) in [6, 6.07) is 3.95. The summed E-state index contributed by atoms with van der Waals surface area (Å²) >= 11 is 1.36. The van der Waals surface area contributed by atoms with Gasteiger partial charge < -0.3 is 4.90 Å². The van der Waals surface area contributed by atoms with Crippen molar-refractivity contribution in [3.63, 3.8) is 0 Å². The Bertz CT molecular complexity index is 941. The van der Waals surface area contributed by atoms with Crippen LogP contribution in [0.15, 0.2) is 29.7 Å². The molecule has 2 aromatic heterocycles. The van der Waals surface area contributed by atoms with Crippen LogP contribution in [0.25, 0.3) is 11.4 Å². The molecule has 27 heavy (non-hydrogen) atoms. The van der Waals surface area contributed by atoms with Gasteiger partial charge >= 0.3 is 0 Å². The van der Waals surface area contributed by atoms with E-state index in [1.807, 2.05) is 12.1 Å². The van der Waals surface area contributed by atoms with Gasteiger partial charge in [-0.05, 0) is 31.4 Å². The van der Waals surface area contributed by atoms with Crippen LogP contribution in [-0.4, -0.2) is 69.3 Å². The number of nitrogens with zero attached hydrogens (tertiary/aromatic N) is 5. The summed E-state index contributed by atoms with van der Waals surface area (Å²) in [5.74, 6) is 1.15. The molecule has 0 spiro atoms. The molecule has 4 rings (SSSR count). The molecule has 1 saturated carbocycles. The summed E-state index contributed by atoms with van der Waals surface area (Å²) < 4.78 is 25.4. The highest BCUT2D eigenvalue weighted by Crippen LogP contribution is 2.41. The minimum atomic E-state index is -3.01. The number of amides is 1. The van der Waals surface area contributed by atoms with E-state index in [0.717, 1.165) is 29.4 Å². The van der Waals surface area contributed by atoms with Gasteiger partial charge in [0.1, 0.15) is 0 Å². The van der Waals surface area contributed by atoms with E-state index in [-0.39, 0.29) is 29.2 Å². The van der Waals surface area contributed by atoms with Crippen molar-refractivity contribution in [2.45, 2.75) is 36.5 Å². The van der Waals surface area contributed by atoms with E-state index in [1.54, 1.807) is 24.3 Å². The van der Waals surface area contributed by atoms with Crippen LogP contribution in [0.3, 0.4) is 0 Å². The van der Waals surface area contributed by atoms with Crippen molar-refractivity contribution in [1.82, 2.24) is 24.6 Å². The fraction of sp³-hybridized carbons (Fsp3) is 0.529. The highest BCUT2D eigenvalue weighted by molar-refractivity contribution is 7.99. The van der Waals surface area contributed by atoms with Gasteiger partial charge in [0.25, 0.3) is 0 Å². The van der Waals surface area contributed by atoms with E-state index in [0.29, 0.717) is 12.5 Å². The number of aromatic nitrogens is 4. The molecule has 0 unspecified atom stereocenters. The average Bonchev–Trinajstić information content (AvgIpc) is 3.31. The van der Waals surface area contributed by atoms with Crippen molar-refractivity contribution in [2.75, 3.05) is 24.3 Å². The molecule has 1 atom stereocenters. The van der Waals surface area contributed by atoms with Gasteiger partial charge in [-0.3, -0.25) is 14.3 Å². The summed E-state index contributed by atoms with van der Waals surface area (Å²) in [7, 11) is -1.33. The van der Waals surface area contributed by atoms with Crippen LogP contribution in [0.4, 0.5) is 0 Å². The molecular formula is C17H21N5O3S2. The van der Waals surface area contributed by atoms with Gasteiger partial charge in [0.2, 0.25) is 5.91 Å². The molecular weight excluding hydrogens is 386 g/mol. The topological polar surface area (TPSA) is 98.1 Å². The van der Waals surface area contributed by atoms with E-state index >= 15 is 0 Å².